The van der Waals surface area contributed by atoms with Gasteiger partial charge in [0.2, 0.25) is 0 Å². The lowest BCUT2D eigenvalue weighted by Crippen LogP contribution is -2.21. The summed E-state index contributed by atoms with van der Waals surface area (Å²) in [4.78, 5) is 17.2. The number of nitrogens with zero attached hydrogens (tertiary/aromatic N) is 2. The van der Waals surface area contributed by atoms with E-state index < -0.39 is 20.2 Å². The molecule has 318 valence electrons. The fraction of sp³-hybridized carbons (Fsp3) is 0.0833. The number of nitrogens with one attached hydrogen (secondary N) is 3. The summed E-state index contributed by atoms with van der Waals surface area (Å²) < 4.78 is 67.4. The first kappa shape index (κ1) is 42.9. The van der Waals surface area contributed by atoms with Gasteiger partial charge in [-0.25, -0.2) is 9.97 Å². The predicted molar refractivity (Wildman–Crippen MR) is 247 cm³/mol. The Labute approximate surface area is 363 Å². The van der Waals surface area contributed by atoms with Crippen LogP contribution in [-0.2, 0) is 20.2 Å². The number of aromatic nitrogens is 4. The van der Waals surface area contributed by atoms with Crippen LogP contribution in [0.2, 0.25) is 0 Å². The molecule has 0 radical (unpaired) electrons. The Kier molecular flexibility index (Phi) is 12.4. The van der Waals surface area contributed by atoms with Gasteiger partial charge < -0.3 is 25.5 Å². The second-order valence-corrected chi connectivity index (χ2v) is 17.3. The summed E-state index contributed by atoms with van der Waals surface area (Å²) in [5.74, 6) is 0. The maximum Gasteiger partial charge on any atom is 0.294 e. The number of hydrogen-bond acceptors (Lipinski definition) is 9. The van der Waals surface area contributed by atoms with E-state index in [-0.39, 0.29) is 23.0 Å². The van der Waals surface area contributed by atoms with Gasteiger partial charge in [0.1, 0.15) is 0 Å². The Morgan fingerprint density at radius 2 is 0.698 bits per heavy atom. The Morgan fingerprint density at radius 3 is 0.968 bits per heavy atom. The number of aliphatic hydroxyl groups is 2. The minimum atomic E-state index is -4.44. The summed E-state index contributed by atoms with van der Waals surface area (Å²) in [5.41, 5.74) is 11.8. The van der Waals surface area contributed by atoms with Gasteiger partial charge in [-0.1, -0.05) is 84.9 Å². The van der Waals surface area contributed by atoms with Crippen molar-refractivity contribution in [3.63, 3.8) is 0 Å². The van der Waals surface area contributed by atoms with Crippen molar-refractivity contribution in [2.24, 2.45) is 0 Å². The highest BCUT2D eigenvalue weighted by Crippen LogP contribution is 2.38. The molecule has 0 atom stereocenters. The molecule has 0 fully saturated rings. The van der Waals surface area contributed by atoms with Crippen molar-refractivity contribution < 1.29 is 36.2 Å². The van der Waals surface area contributed by atoms with E-state index in [1.165, 1.54) is 24.3 Å². The minimum Gasteiger partial charge on any atom is -0.395 e. The average molecular weight is 880 g/mol. The third kappa shape index (κ3) is 9.35. The monoisotopic (exact) mass is 879 g/mol. The van der Waals surface area contributed by atoms with Gasteiger partial charge in [-0.15, -0.1) is 0 Å². The van der Waals surface area contributed by atoms with E-state index in [1.54, 1.807) is 24.3 Å². The first-order chi connectivity index (χ1) is 30.4. The highest BCUT2D eigenvalue weighted by Gasteiger charge is 2.20. The molecular formula is C48H41N5O8S2. The SMILES string of the molecule is O=S(=O)(O)c1ccc(-c2c3nc(c(-c4ccc(S(=O)(=O)O)cc4)c4ccc([nH]4)c(-c4ccccc4)c4nc(c(-c5ccccc5)c5ccc2[nH]5)C=C4)C=C3)cc1.OCCNCCO. The molecule has 0 saturated heterocycles. The molecule has 9 rings (SSSR count). The van der Waals surface area contributed by atoms with Crippen molar-refractivity contribution in [1.29, 1.82) is 0 Å². The van der Waals surface area contributed by atoms with Crippen molar-refractivity contribution in [3.05, 3.63) is 156 Å². The molecular weight excluding hydrogens is 839 g/mol. The van der Waals surface area contributed by atoms with E-state index in [9.17, 15) is 25.9 Å². The van der Waals surface area contributed by atoms with Gasteiger partial charge in [0.25, 0.3) is 20.2 Å². The largest absolute Gasteiger partial charge is 0.395 e. The molecule has 4 aromatic carbocycles. The van der Waals surface area contributed by atoms with E-state index in [4.69, 9.17) is 20.2 Å². The molecule has 0 amide bonds. The van der Waals surface area contributed by atoms with E-state index in [1.807, 2.05) is 109 Å². The van der Waals surface area contributed by atoms with Crippen LogP contribution < -0.4 is 5.32 Å². The summed E-state index contributed by atoms with van der Waals surface area (Å²) in [5, 5.41) is 19.1. The van der Waals surface area contributed by atoms with Crippen LogP contribution in [0, 0.1) is 0 Å². The summed E-state index contributed by atoms with van der Waals surface area (Å²) >= 11 is 0. The molecule has 7 aromatic rings. The maximum atomic E-state index is 12.0. The van der Waals surface area contributed by atoms with Crippen LogP contribution in [0.3, 0.4) is 0 Å². The lowest BCUT2D eigenvalue weighted by molar-refractivity contribution is 0.266. The van der Waals surface area contributed by atoms with Crippen LogP contribution >= 0.6 is 0 Å². The zero-order chi connectivity index (χ0) is 44.1. The molecule has 2 aliphatic rings. The van der Waals surface area contributed by atoms with Crippen molar-refractivity contribution in [3.8, 4) is 44.5 Å². The lowest BCUT2D eigenvalue weighted by Gasteiger charge is -2.07. The summed E-state index contributed by atoms with van der Waals surface area (Å²) in [7, 11) is -8.88. The summed E-state index contributed by atoms with van der Waals surface area (Å²) in [6.45, 7) is 1.42. The van der Waals surface area contributed by atoms with Crippen LogP contribution in [0.5, 0.6) is 0 Å². The molecule has 15 heteroatoms. The number of rotatable bonds is 10. The quantitative estimate of drug-likeness (QED) is 0.0511. The van der Waals surface area contributed by atoms with Gasteiger partial charge in [-0.05, 0) is 95.1 Å². The average Bonchev–Trinajstić information content (AvgIpc) is 4.13. The molecule has 5 heterocycles. The van der Waals surface area contributed by atoms with Crippen LogP contribution in [0.1, 0.15) is 22.8 Å². The molecule has 0 saturated carbocycles. The fourth-order valence-corrected chi connectivity index (χ4v) is 8.46. The Hall–Kier alpha value is -6.82. The third-order valence-electron chi connectivity index (χ3n) is 10.3. The second-order valence-electron chi connectivity index (χ2n) is 14.4. The van der Waals surface area contributed by atoms with Gasteiger partial charge in [0, 0.05) is 57.4 Å². The standard InChI is InChI=1S/C44H30N4O6S2.C4H11NO2/c49-55(50,51)31-15-11-29(12-16-31)43-37-23-21-35(46-37)41(27-7-3-1-4-8-27)33-19-20-34(45-33)42(28-9-5-2-6-10-28)36-22-24-38(47-36)44(40-26-25-39(43)48-40)30-13-17-32(18-14-30)56(52,53)54;6-3-1-5-2-4-7/h1-26,46-47H,(H,49,50,51)(H,52,53,54);5-7H,1-4H2. The smallest absolute Gasteiger partial charge is 0.294 e. The molecule has 0 aliphatic carbocycles. The number of benzene rings is 4. The summed E-state index contributed by atoms with van der Waals surface area (Å²) in [6, 6.07) is 39.7. The van der Waals surface area contributed by atoms with Gasteiger partial charge in [-0.3, -0.25) is 9.11 Å². The molecule has 2 aliphatic heterocycles. The Balaban J connectivity index is 0.000000719. The Bertz CT molecular complexity index is 3040. The van der Waals surface area contributed by atoms with Gasteiger partial charge in [0.05, 0.1) is 45.8 Å². The van der Waals surface area contributed by atoms with Crippen LogP contribution in [0.15, 0.2) is 143 Å². The normalized spacial score (nSPS) is 12.3. The molecule has 0 spiro atoms. The first-order valence-electron chi connectivity index (χ1n) is 19.8. The second kappa shape index (κ2) is 18.3. The fourth-order valence-electron chi connectivity index (χ4n) is 7.50. The molecule has 8 bridgehead atoms. The van der Waals surface area contributed by atoms with Gasteiger partial charge in [-0.2, -0.15) is 16.8 Å². The highest BCUT2D eigenvalue weighted by atomic mass is 32.2. The van der Waals surface area contributed by atoms with Crippen LogP contribution in [0.4, 0.5) is 0 Å². The molecule has 3 aromatic heterocycles. The number of hydrogen-bond donors (Lipinski definition) is 7. The molecule has 63 heavy (non-hydrogen) atoms. The molecule has 7 N–H and O–H groups in total. The number of aliphatic hydroxyl groups excluding tert-OH is 2. The zero-order valence-electron chi connectivity index (χ0n) is 33.5. The third-order valence-corrected chi connectivity index (χ3v) is 12.1. The van der Waals surface area contributed by atoms with Crippen molar-refractivity contribution in [2.75, 3.05) is 26.3 Å². The van der Waals surface area contributed by atoms with E-state index in [0.29, 0.717) is 57.8 Å². The van der Waals surface area contributed by atoms with Crippen molar-refractivity contribution in [2.45, 2.75) is 9.79 Å². The van der Waals surface area contributed by atoms with Crippen LogP contribution in [-0.4, -0.2) is 82.4 Å². The minimum absolute atomic E-state index is 0.139. The topological polar surface area (TPSA) is 219 Å². The summed E-state index contributed by atoms with van der Waals surface area (Å²) in [6.07, 6.45) is 7.73. The number of H-pyrrole nitrogens is 2. The number of aromatic amines is 2. The Morgan fingerprint density at radius 1 is 0.413 bits per heavy atom. The van der Waals surface area contributed by atoms with E-state index >= 15 is 0 Å². The van der Waals surface area contributed by atoms with Crippen molar-refractivity contribution >= 4 is 66.6 Å². The molecule has 13 nitrogen and oxygen atoms in total. The first-order valence-corrected chi connectivity index (χ1v) is 22.7. The van der Waals surface area contributed by atoms with Gasteiger partial charge >= 0.3 is 0 Å². The van der Waals surface area contributed by atoms with Gasteiger partial charge in [0.15, 0.2) is 0 Å². The highest BCUT2D eigenvalue weighted by molar-refractivity contribution is 7.86. The zero-order valence-corrected chi connectivity index (χ0v) is 35.1. The maximum absolute atomic E-state index is 12.0. The van der Waals surface area contributed by atoms with Crippen molar-refractivity contribution in [1.82, 2.24) is 25.3 Å². The van der Waals surface area contributed by atoms with E-state index in [0.717, 1.165) is 44.7 Å². The van der Waals surface area contributed by atoms with E-state index in [2.05, 4.69) is 15.3 Å². The lowest BCUT2D eigenvalue weighted by atomic mass is 10.0. The number of fused-ring (bicyclic) bond motifs is 8. The predicted octanol–water partition coefficient (Wildman–Crippen LogP) is 8.38. The van der Waals surface area contributed by atoms with Crippen LogP contribution in [0.25, 0.3) is 90.9 Å². The molecule has 0 unspecified atom stereocenters.